The second kappa shape index (κ2) is 7.15. The van der Waals surface area contributed by atoms with Gasteiger partial charge >= 0.3 is 0 Å². The molecule has 0 aromatic heterocycles. The van der Waals surface area contributed by atoms with Gasteiger partial charge in [0.2, 0.25) is 0 Å². The van der Waals surface area contributed by atoms with E-state index in [-0.39, 0.29) is 0 Å². The number of benzene rings is 2. The van der Waals surface area contributed by atoms with Crippen LogP contribution in [-0.2, 0) is 19.5 Å². The van der Waals surface area contributed by atoms with Crippen molar-refractivity contribution in [1.29, 1.82) is 0 Å². The molecule has 0 radical (unpaired) electrons. The predicted octanol–water partition coefficient (Wildman–Crippen LogP) is 4.17. The van der Waals surface area contributed by atoms with Crippen molar-refractivity contribution in [2.45, 2.75) is 44.9 Å². The fourth-order valence-corrected chi connectivity index (χ4v) is 4.62. The molecule has 2 nitrogen and oxygen atoms in total. The SMILES string of the molecule is C=C(C)[C@H]1CCN2Cc3ccccc3C[C@H]2[C@@H]1NCc1ccccc1. The Kier molecular flexibility index (Phi) is 4.74. The van der Waals surface area contributed by atoms with Gasteiger partial charge in [0.1, 0.15) is 0 Å². The highest BCUT2D eigenvalue weighted by molar-refractivity contribution is 5.31. The first-order valence-corrected chi connectivity index (χ1v) is 9.46. The van der Waals surface area contributed by atoms with Crippen molar-refractivity contribution in [3.63, 3.8) is 0 Å². The van der Waals surface area contributed by atoms with E-state index in [1.807, 2.05) is 0 Å². The first-order valence-electron chi connectivity index (χ1n) is 9.46. The molecular formula is C23H28N2. The number of hydrogen-bond acceptors (Lipinski definition) is 2. The van der Waals surface area contributed by atoms with Crippen molar-refractivity contribution in [3.8, 4) is 0 Å². The lowest BCUT2D eigenvalue weighted by molar-refractivity contribution is 0.0664. The molecule has 0 bridgehead atoms. The van der Waals surface area contributed by atoms with E-state index in [1.165, 1.54) is 35.2 Å². The van der Waals surface area contributed by atoms with E-state index < -0.39 is 0 Å². The largest absolute Gasteiger partial charge is 0.308 e. The maximum absolute atomic E-state index is 4.31. The Labute approximate surface area is 151 Å². The van der Waals surface area contributed by atoms with E-state index in [1.54, 1.807) is 0 Å². The van der Waals surface area contributed by atoms with Crippen molar-refractivity contribution in [2.24, 2.45) is 5.92 Å². The summed E-state index contributed by atoms with van der Waals surface area (Å²) < 4.78 is 0. The fourth-order valence-electron chi connectivity index (χ4n) is 4.62. The highest BCUT2D eigenvalue weighted by Gasteiger charge is 2.40. The smallest absolute Gasteiger partial charge is 0.0299 e. The molecule has 2 aromatic carbocycles. The Bertz CT molecular complexity index is 737. The van der Waals surface area contributed by atoms with E-state index in [4.69, 9.17) is 0 Å². The van der Waals surface area contributed by atoms with Crippen LogP contribution >= 0.6 is 0 Å². The molecule has 2 aliphatic rings. The molecule has 130 valence electrons. The summed E-state index contributed by atoms with van der Waals surface area (Å²) in [6, 6.07) is 20.7. The number of nitrogens with zero attached hydrogens (tertiary/aromatic N) is 1. The Hall–Kier alpha value is -1.90. The average Bonchev–Trinajstić information content (AvgIpc) is 2.65. The van der Waals surface area contributed by atoms with Gasteiger partial charge in [-0.25, -0.2) is 0 Å². The third-order valence-electron chi connectivity index (χ3n) is 5.98. The Balaban J connectivity index is 1.57. The molecule has 25 heavy (non-hydrogen) atoms. The third-order valence-corrected chi connectivity index (χ3v) is 5.98. The van der Waals surface area contributed by atoms with Crippen LogP contribution in [0.5, 0.6) is 0 Å². The van der Waals surface area contributed by atoms with Crippen LogP contribution in [0.25, 0.3) is 0 Å². The zero-order chi connectivity index (χ0) is 17.2. The van der Waals surface area contributed by atoms with E-state index in [2.05, 4.69) is 78.3 Å². The molecule has 0 amide bonds. The minimum absolute atomic E-state index is 0.472. The van der Waals surface area contributed by atoms with Crippen molar-refractivity contribution in [2.75, 3.05) is 6.54 Å². The lowest BCUT2D eigenvalue weighted by atomic mass is 9.77. The van der Waals surface area contributed by atoms with Crippen LogP contribution in [0, 0.1) is 5.92 Å². The van der Waals surface area contributed by atoms with Gasteiger partial charge in [0.25, 0.3) is 0 Å². The third kappa shape index (κ3) is 3.42. The monoisotopic (exact) mass is 332 g/mol. The Morgan fingerprint density at radius 1 is 1.08 bits per heavy atom. The van der Waals surface area contributed by atoms with Crippen LogP contribution in [0.15, 0.2) is 66.7 Å². The van der Waals surface area contributed by atoms with E-state index in [0.717, 1.165) is 19.5 Å². The van der Waals surface area contributed by atoms with Gasteiger partial charge in [0.05, 0.1) is 0 Å². The average molecular weight is 332 g/mol. The van der Waals surface area contributed by atoms with Gasteiger partial charge < -0.3 is 5.32 Å². The highest BCUT2D eigenvalue weighted by atomic mass is 15.2. The van der Waals surface area contributed by atoms with Crippen LogP contribution in [0.4, 0.5) is 0 Å². The van der Waals surface area contributed by atoms with Crippen LogP contribution in [-0.4, -0.2) is 23.5 Å². The topological polar surface area (TPSA) is 15.3 Å². The molecular weight excluding hydrogens is 304 g/mol. The van der Waals surface area contributed by atoms with Gasteiger partial charge in [-0.2, -0.15) is 0 Å². The molecule has 4 rings (SSSR count). The van der Waals surface area contributed by atoms with Crippen LogP contribution in [0.1, 0.15) is 30.0 Å². The second-order valence-corrected chi connectivity index (χ2v) is 7.64. The van der Waals surface area contributed by atoms with E-state index >= 15 is 0 Å². The summed E-state index contributed by atoms with van der Waals surface area (Å²) in [5, 5.41) is 3.90. The lowest BCUT2D eigenvalue weighted by Crippen LogP contribution is -2.60. The maximum atomic E-state index is 4.31. The molecule has 2 heteroatoms. The normalized spacial score (nSPS) is 25.9. The molecule has 0 spiro atoms. The summed E-state index contributed by atoms with van der Waals surface area (Å²) in [5.74, 6) is 0.565. The summed E-state index contributed by atoms with van der Waals surface area (Å²) in [6.45, 7) is 9.71. The molecule has 1 saturated heterocycles. The van der Waals surface area contributed by atoms with Crippen LogP contribution < -0.4 is 5.32 Å². The summed E-state index contributed by atoms with van der Waals surface area (Å²) >= 11 is 0. The van der Waals surface area contributed by atoms with Crippen molar-refractivity contribution < 1.29 is 0 Å². The molecule has 2 aliphatic heterocycles. The number of hydrogen-bond donors (Lipinski definition) is 1. The standard InChI is InChI=1S/C23H28N2/c1-17(2)21-12-13-25-16-20-11-7-6-10-19(20)14-22(25)23(21)24-15-18-8-4-3-5-9-18/h3-11,21-24H,1,12-16H2,2H3/t21-,22+,23-/m1/s1. The minimum Gasteiger partial charge on any atom is -0.308 e. The quantitative estimate of drug-likeness (QED) is 0.846. The summed E-state index contributed by atoms with van der Waals surface area (Å²) in [6.07, 6.45) is 2.35. The predicted molar refractivity (Wildman–Crippen MR) is 104 cm³/mol. The first-order chi connectivity index (χ1) is 12.2. The van der Waals surface area contributed by atoms with Gasteiger partial charge in [0, 0.05) is 25.2 Å². The number of piperidine rings is 1. The molecule has 0 saturated carbocycles. The summed E-state index contributed by atoms with van der Waals surface area (Å²) in [4.78, 5) is 2.68. The molecule has 2 heterocycles. The minimum atomic E-state index is 0.472. The molecule has 0 aliphatic carbocycles. The van der Waals surface area contributed by atoms with Gasteiger partial charge in [-0.15, -0.1) is 0 Å². The summed E-state index contributed by atoms with van der Waals surface area (Å²) in [7, 11) is 0. The second-order valence-electron chi connectivity index (χ2n) is 7.64. The summed E-state index contributed by atoms with van der Waals surface area (Å²) in [5.41, 5.74) is 5.72. The van der Waals surface area contributed by atoms with Crippen LogP contribution in [0.3, 0.4) is 0 Å². The molecule has 1 N–H and O–H groups in total. The lowest BCUT2D eigenvalue weighted by Gasteiger charge is -2.49. The molecule has 0 unspecified atom stereocenters. The molecule has 3 atom stereocenters. The van der Waals surface area contributed by atoms with E-state index in [9.17, 15) is 0 Å². The van der Waals surface area contributed by atoms with Gasteiger partial charge in [-0.1, -0.05) is 66.7 Å². The van der Waals surface area contributed by atoms with Gasteiger partial charge in [-0.05, 0) is 48.9 Å². The first kappa shape index (κ1) is 16.6. The molecule has 2 aromatic rings. The Morgan fingerprint density at radius 3 is 2.56 bits per heavy atom. The zero-order valence-electron chi connectivity index (χ0n) is 15.1. The van der Waals surface area contributed by atoms with E-state index in [0.29, 0.717) is 18.0 Å². The maximum Gasteiger partial charge on any atom is 0.0299 e. The Morgan fingerprint density at radius 2 is 1.80 bits per heavy atom. The fraction of sp³-hybridized carbons (Fsp3) is 0.391. The van der Waals surface area contributed by atoms with Crippen LogP contribution in [0.2, 0.25) is 0 Å². The molecule has 1 fully saturated rings. The number of nitrogens with one attached hydrogen (secondary N) is 1. The number of fused-ring (bicyclic) bond motifs is 2. The zero-order valence-corrected chi connectivity index (χ0v) is 15.1. The van der Waals surface area contributed by atoms with Gasteiger partial charge in [0.15, 0.2) is 0 Å². The van der Waals surface area contributed by atoms with Crippen molar-refractivity contribution in [1.82, 2.24) is 10.2 Å². The van der Waals surface area contributed by atoms with Gasteiger partial charge in [-0.3, -0.25) is 4.90 Å². The van der Waals surface area contributed by atoms with Crippen molar-refractivity contribution >= 4 is 0 Å². The number of rotatable bonds is 4. The van der Waals surface area contributed by atoms with Crippen molar-refractivity contribution in [3.05, 3.63) is 83.4 Å². The highest BCUT2D eigenvalue weighted by Crippen LogP contribution is 2.35.